The van der Waals surface area contributed by atoms with Gasteiger partial charge in [0.05, 0.1) is 5.75 Å². The fourth-order valence-corrected chi connectivity index (χ4v) is 5.35. The molecule has 2 aliphatic rings. The lowest BCUT2D eigenvalue weighted by Gasteiger charge is -2.33. The predicted molar refractivity (Wildman–Crippen MR) is 102 cm³/mol. The third-order valence-corrected chi connectivity index (χ3v) is 7.41. The third-order valence-electron chi connectivity index (χ3n) is 5.58. The number of sulfonamides is 1. The summed E-state index contributed by atoms with van der Waals surface area (Å²) in [5, 5.41) is 3.13. The smallest absolute Gasteiger partial charge is 0.223 e. The molecule has 1 amide bonds. The van der Waals surface area contributed by atoms with Crippen LogP contribution in [0.25, 0.3) is 0 Å². The largest absolute Gasteiger partial charge is 0.353 e. The van der Waals surface area contributed by atoms with Crippen molar-refractivity contribution in [2.45, 2.75) is 37.5 Å². The monoisotopic (exact) mass is 397 g/mol. The van der Waals surface area contributed by atoms with E-state index in [0.717, 1.165) is 25.9 Å². The number of likely N-dealkylation sites (tertiary alicyclic amines) is 1. The number of nitrogens with one attached hydrogen (secondary N) is 1. The van der Waals surface area contributed by atoms with Crippen LogP contribution in [-0.2, 0) is 20.6 Å². The summed E-state index contributed by atoms with van der Waals surface area (Å²) < 4.78 is 40.3. The van der Waals surface area contributed by atoms with E-state index in [1.807, 2.05) is 0 Å². The summed E-state index contributed by atoms with van der Waals surface area (Å²) in [6, 6.07) is 6.16. The predicted octanol–water partition coefficient (Wildman–Crippen LogP) is 1.58. The number of carbonyl (C=O) groups excluding carboxylic acids is 1. The molecule has 0 atom stereocenters. The molecule has 150 valence electrons. The Labute approximate surface area is 160 Å². The summed E-state index contributed by atoms with van der Waals surface area (Å²) in [7, 11) is -1.51. The van der Waals surface area contributed by atoms with Crippen LogP contribution in [-0.4, -0.2) is 62.8 Å². The standard InChI is InChI=1S/C19H28FN3O3S/c1-22-10-8-17(9-11-22)21-19(24)15-6-12-23(13-7-15)27(25,26)14-16-4-2-3-5-18(16)20/h2-5,15,17H,6-14H2,1H3,(H,21,24). The first-order valence-electron chi connectivity index (χ1n) is 9.55. The van der Waals surface area contributed by atoms with Crippen molar-refractivity contribution in [3.05, 3.63) is 35.6 Å². The molecule has 2 heterocycles. The van der Waals surface area contributed by atoms with Crippen molar-refractivity contribution in [3.63, 3.8) is 0 Å². The van der Waals surface area contributed by atoms with E-state index in [-0.39, 0.29) is 29.2 Å². The number of hydrogen-bond acceptors (Lipinski definition) is 4. The first-order valence-corrected chi connectivity index (χ1v) is 11.2. The minimum atomic E-state index is -3.59. The lowest BCUT2D eigenvalue weighted by molar-refractivity contribution is -0.127. The molecule has 2 saturated heterocycles. The Bertz CT molecular complexity index is 755. The van der Waals surface area contributed by atoms with Crippen LogP contribution in [0.15, 0.2) is 24.3 Å². The molecular weight excluding hydrogens is 369 g/mol. The molecule has 0 aromatic heterocycles. The lowest BCUT2D eigenvalue weighted by Crippen LogP contribution is -2.48. The lowest BCUT2D eigenvalue weighted by atomic mass is 9.96. The van der Waals surface area contributed by atoms with Gasteiger partial charge in [0.25, 0.3) is 0 Å². The maximum absolute atomic E-state index is 13.8. The molecule has 2 aliphatic heterocycles. The second kappa shape index (κ2) is 8.67. The minimum absolute atomic E-state index is 0.0377. The Morgan fingerprint density at radius 2 is 1.74 bits per heavy atom. The highest BCUT2D eigenvalue weighted by molar-refractivity contribution is 7.88. The zero-order valence-electron chi connectivity index (χ0n) is 15.7. The molecule has 2 fully saturated rings. The van der Waals surface area contributed by atoms with Crippen molar-refractivity contribution in [2.75, 3.05) is 33.2 Å². The molecule has 0 aliphatic carbocycles. The number of nitrogens with zero attached hydrogens (tertiary/aromatic N) is 2. The van der Waals surface area contributed by atoms with Gasteiger partial charge in [0.2, 0.25) is 15.9 Å². The molecule has 0 saturated carbocycles. The minimum Gasteiger partial charge on any atom is -0.353 e. The Morgan fingerprint density at radius 1 is 1.11 bits per heavy atom. The molecule has 0 spiro atoms. The van der Waals surface area contributed by atoms with Crippen molar-refractivity contribution in [1.82, 2.24) is 14.5 Å². The summed E-state index contributed by atoms with van der Waals surface area (Å²) in [5.41, 5.74) is 0.180. The van der Waals surface area contributed by atoms with E-state index < -0.39 is 15.8 Å². The van der Waals surface area contributed by atoms with Crippen LogP contribution in [0.3, 0.4) is 0 Å². The van der Waals surface area contributed by atoms with Crippen LogP contribution in [0, 0.1) is 11.7 Å². The topological polar surface area (TPSA) is 69.7 Å². The van der Waals surface area contributed by atoms with Crippen molar-refractivity contribution >= 4 is 15.9 Å². The van der Waals surface area contributed by atoms with Crippen LogP contribution >= 0.6 is 0 Å². The van der Waals surface area contributed by atoms with Gasteiger partial charge in [-0.2, -0.15) is 0 Å². The van der Waals surface area contributed by atoms with Gasteiger partial charge in [-0.3, -0.25) is 4.79 Å². The van der Waals surface area contributed by atoms with Gasteiger partial charge < -0.3 is 10.2 Å². The van der Waals surface area contributed by atoms with Gasteiger partial charge in [-0.1, -0.05) is 18.2 Å². The molecule has 0 unspecified atom stereocenters. The van der Waals surface area contributed by atoms with Crippen LogP contribution in [0.4, 0.5) is 4.39 Å². The fraction of sp³-hybridized carbons (Fsp3) is 0.632. The zero-order chi connectivity index (χ0) is 19.4. The average Bonchev–Trinajstić information content (AvgIpc) is 2.65. The van der Waals surface area contributed by atoms with Gasteiger partial charge in [0, 0.05) is 30.6 Å². The summed E-state index contributed by atoms with van der Waals surface area (Å²) in [4.78, 5) is 14.7. The van der Waals surface area contributed by atoms with Gasteiger partial charge in [0.15, 0.2) is 0 Å². The third kappa shape index (κ3) is 5.27. The van der Waals surface area contributed by atoms with Crippen LogP contribution < -0.4 is 5.32 Å². The molecular formula is C19H28FN3O3S. The summed E-state index contributed by atoms with van der Waals surface area (Å²) in [5.74, 6) is -0.958. The second-order valence-corrected chi connectivity index (χ2v) is 9.58. The van der Waals surface area contributed by atoms with Gasteiger partial charge in [-0.05, 0) is 51.9 Å². The molecule has 8 heteroatoms. The van der Waals surface area contributed by atoms with Gasteiger partial charge in [0.1, 0.15) is 5.82 Å². The van der Waals surface area contributed by atoms with Crippen molar-refractivity contribution in [2.24, 2.45) is 5.92 Å². The number of hydrogen-bond donors (Lipinski definition) is 1. The number of benzene rings is 1. The first kappa shape index (κ1) is 20.2. The highest BCUT2D eigenvalue weighted by Gasteiger charge is 2.32. The van der Waals surface area contributed by atoms with Crippen molar-refractivity contribution in [1.29, 1.82) is 0 Å². The summed E-state index contributed by atoms with van der Waals surface area (Å²) >= 11 is 0. The van der Waals surface area contributed by atoms with E-state index in [1.54, 1.807) is 12.1 Å². The Kier molecular flexibility index (Phi) is 6.49. The van der Waals surface area contributed by atoms with Crippen molar-refractivity contribution in [3.8, 4) is 0 Å². The van der Waals surface area contributed by atoms with E-state index in [2.05, 4.69) is 17.3 Å². The Balaban J connectivity index is 1.50. The number of halogens is 1. The normalized spacial score (nSPS) is 21.3. The highest BCUT2D eigenvalue weighted by atomic mass is 32.2. The van der Waals surface area contributed by atoms with Gasteiger partial charge in [-0.25, -0.2) is 17.1 Å². The number of rotatable bonds is 5. The Morgan fingerprint density at radius 3 is 2.37 bits per heavy atom. The summed E-state index contributed by atoms with van der Waals surface area (Å²) in [6.45, 7) is 2.58. The number of carbonyl (C=O) groups is 1. The van der Waals surface area contributed by atoms with E-state index in [1.165, 1.54) is 16.4 Å². The zero-order valence-corrected chi connectivity index (χ0v) is 16.5. The van der Waals surface area contributed by atoms with Crippen molar-refractivity contribution < 1.29 is 17.6 Å². The van der Waals surface area contributed by atoms with E-state index in [9.17, 15) is 17.6 Å². The van der Waals surface area contributed by atoms with Crippen LogP contribution in [0.5, 0.6) is 0 Å². The molecule has 0 radical (unpaired) electrons. The van der Waals surface area contributed by atoms with Crippen LogP contribution in [0.1, 0.15) is 31.2 Å². The second-order valence-electron chi connectivity index (χ2n) is 7.61. The maximum Gasteiger partial charge on any atom is 0.223 e. The molecule has 6 nitrogen and oxygen atoms in total. The van der Waals surface area contributed by atoms with E-state index in [4.69, 9.17) is 0 Å². The fourth-order valence-electron chi connectivity index (χ4n) is 3.77. The molecule has 3 rings (SSSR count). The number of piperidine rings is 2. The SMILES string of the molecule is CN1CCC(NC(=O)C2CCN(S(=O)(=O)Cc3ccccc3F)CC2)CC1. The van der Waals surface area contributed by atoms with Gasteiger partial charge in [-0.15, -0.1) is 0 Å². The number of amides is 1. The van der Waals surface area contributed by atoms with E-state index >= 15 is 0 Å². The van der Waals surface area contributed by atoms with Gasteiger partial charge >= 0.3 is 0 Å². The average molecular weight is 398 g/mol. The maximum atomic E-state index is 13.8. The molecule has 1 N–H and O–H groups in total. The first-order chi connectivity index (χ1) is 12.8. The highest BCUT2D eigenvalue weighted by Crippen LogP contribution is 2.23. The molecule has 0 bridgehead atoms. The quantitative estimate of drug-likeness (QED) is 0.819. The summed E-state index contributed by atoms with van der Waals surface area (Å²) in [6.07, 6.45) is 2.93. The van der Waals surface area contributed by atoms with Crippen LogP contribution in [0.2, 0.25) is 0 Å². The van der Waals surface area contributed by atoms with E-state index in [0.29, 0.717) is 25.9 Å². The molecule has 27 heavy (non-hydrogen) atoms. The molecule has 1 aromatic rings. The molecule has 1 aromatic carbocycles. The Hall–Kier alpha value is -1.51.